The van der Waals surface area contributed by atoms with Gasteiger partial charge in [0.05, 0.1) is 4.90 Å². The first-order chi connectivity index (χ1) is 11.7. The summed E-state index contributed by atoms with van der Waals surface area (Å²) in [5.41, 5.74) is 1.44. The van der Waals surface area contributed by atoms with Crippen LogP contribution in [0.4, 0.5) is 0 Å². The van der Waals surface area contributed by atoms with Crippen molar-refractivity contribution in [2.45, 2.75) is 51.0 Å². The zero-order chi connectivity index (χ0) is 18.5. The van der Waals surface area contributed by atoms with Crippen molar-refractivity contribution >= 4 is 39.8 Å². The van der Waals surface area contributed by atoms with Crippen LogP contribution in [-0.4, -0.2) is 34.2 Å². The first kappa shape index (κ1) is 23.2. The van der Waals surface area contributed by atoms with Gasteiger partial charge in [0.1, 0.15) is 0 Å². The standard InChI is InChI=1S/C19H31N3O2S.HI/c1-15(2)12-19(10-5-11-19)14-22-18(20-3)21-13-16-6-8-17(9-7-16)25(4,23)24;/h6-9,15H,5,10-14H2,1-4H3,(H2,20,21,22);1H. The van der Waals surface area contributed by atoms with Gasteiger partial charge < -0.3 is 10.6 Å². The first-order valence-electron chi connectivity index (χ1n) is 8.98. The van der Waals surface area contributed by atoms with Gasteiger partial charge in [-0.3, -0.25) is 4.99 Å². The lowest BCUT2D eigenvalue weighted by Gasteiger charge is -2.43. The van der Waals surface area contributed by atoms with Crippen LogP contribution in [0.1, 0.15) is 45.1 Å². The molecular formula is C19H32IN3O2S. The maximum absolute atomic E-state index is 11.5. The van der Waals surface area contributed by atoms with Gasteiger partial charge in [0.2, 0.25) is 0 Å². The first-order valence-corrected chi connectivity index (χ1v) is 10.9. The van der Waals surface area contributed by atoms with E-state index in [9.17, 15) is 8.42 Å². The number of guanidine groups is 1. The molecule has 7 heteroatoms. The Morgan fingerprint density at radius 2 is 1.81 bits per heavy atom. The fraction of sp³-hybridized carbons (Fsp3) is 0.632. The molecule has 0 atom stereocenters. The normalized spacial score (nSPS) is 16.6. The Hall–Kier alpha value is -0.830. The highest BCUT2D eigenvalue weighted by Gasteiger charge is 2.37. The number of sulfone groups is 1. The van der Waals surface area contributed by atoms with Crippen LogP contribution in [0.5, 0.6) is 0 Å². The van der Waals surface area contributed by atoms with E-state index < -0.39 is 9.84 Å². The number of nitrogens with zero attached hydrogens (tertiary/aromatic N) is 1. The van der Waals surface area contributed by atoms with Crippen molar-refractivity contribution in [2.75, 3.05) is 19.8 Å². The molecule has 0 unspecified atom stereocenters. The van der Waals surface area contributed by atoms with E-state index in [1.165, 1.54) is 31.9 Å². The lowest BCUT2D eigenvalue weighted by atomic mass is 9.64. The number of nitrogens with one attached hydrogen (secondary N) is 2. The van der Waals surface area contributed by atoms with Crippen molar-refractivity contribution in [3.63, 3.8) is 0 Å². The quantitative estimate of drug-likeness (QED) is 0.346. The molecule has 0 radical (unpaired) electrons. The summed E-state index contributed by atoms with van der Waals surface area (Å²) in [5, 5.41) is 6.77. The Morgan fingerprint density at radius 1 is 1.19 bits per heavy atom. The van der Waals surface area contributed by atoms with Gasteiger partial charge in [-0.15, -0.1) is 24.0 Å². The van der Waals surface area contributed by atoms with E-state index in [0.717, 1.165) is 18.1 Å². The molecule has 1 fully saturated rings. The highest BCUT2D eigenvalue weighted by Crippen LogP contribution is 2.45. The Balaban J connectivity index is 0.00000338. The smallest absolute Gasteiger partial charge is 0.191 e. The van der Waals surface area contributed by atoms with Gasteiger partial charge in [-0.1, -0.05) is 32.4 Å². The predicted octanol–water partition coefficient (Wildman–Crippen LogP) is 3.59. The van der Waals surface area contributed by atoms with Gasteiger partial charge in [-0.25, -0.2) is 8.42 Å². The molecule has 2 N–H and O–H groups in total. The van der Waals surface area contributed by atoms with E-state index in [2.05, 4.69) is 29.5 Å². The van der Waals surface area contributed by atoms with E-state index in [1.54, 1.807) is 19.2 Å². The van der Waals surface area contributed by atoms with Crippen LogP contribution < -0.4 is 10.6 Å². The maximum atomic E-state index is 11.5. The van der Waals surface area contributed by atoms with Gasteiger partial charge in [-0.05, 0) is 48.3 Å². The third kappa shape index (κ3) is 6.72. The number of benzene rings is 1. The monoisotopic (exact) mass is 493 g/mol. The highest BCUT2D eigenvalue weighted by atomic mass is 127. The summed E-state index contributed by atoms with van der Waals surface area (Å²) in [4.78, 5) is 4.65. The Labute approximate surface area is 175 Å². The summed E-state index contributed by atoms with van der Waals surface area (Å²) in [6, 6.07) is 6.97. The maximum Gasteiger partial charge on any atom is 0.191 e. The second kappa shape index (κ2) is 9.92. The zero-order valence-electron chi connectivity index (χ0n) is 16.2. The fourth-order valence-corrected chi connectivity index (χ4v) is 4.16. The van der Waals surface area contributed by atoms with E-state index >= 15 is 0 Å². The molecule has 148 valence electrons. The van der Waals surface area contributed by atoms with Crippen LogP contribution in [-0.2, 0) is 16.4 Å². The molecule has 0 saturated heterocycles. The molecule has 0 amide bonds. The van der Waals surface area contributed by atoms with Gasteiger partial charge in [0, 0.05) is 26.4 Å². The minimum Gasteiger partial charge on any atom is -0.356 e. The molecule has 0 spiro atoms. The number of rotatable bonds is 7. The second-order valence-electron chi connectivity index (χ2n) is 7.65. The summed E-state index contributed by atoms with van der Waals surface area (Å²) in [6.45, 7) is 6.14. The molecule has 2 rings (SSSR count). The molecule has 5 nitrogen and oxygen atoms in total. The third-order valence-corrected chi connectivity index (χ3v) is 6.05. The number of hydrogen-bond donors (Lipinski definition) is 2. The largest absolute Gasteiger partial charge is 0.356 e. The fourth-order valence-electron chi connectivity index (χ4n) is 3.53. The number of aliphatic imine (C=N–C) groups is 1. The molecule has 0 aromatic heterocycles. The average Bonchev–Trinajstić information content (AvgIpc) is 2.51. The van der Waals surface area contributed by atoms with E-state index in [4.69, 9.17) is 0 Å². The number of halogens is 1. The van der Waals surface area contributed by atoms with Crippen LogP contribution in [0.25, 0.3) is 0 Å². The van der Waals surface area contributed by atoms with E-state index in [-0.39, 0.29) is 24.0 Å². The third-order valence-electron chi connectivity index (χ3n) is 4.92. The Morgan fingerprint density at radius 3 is 2.23 bits per heavy atom. The van der Waals surface area contributed by atoms with Crippen molar-refractivity contribution < 1.29 is 8.42 Å². The average molecular weight is 493 g/mol. The lowest BCUT2D eigenvalue weighted by molar-refractivity contribution is 0.104. The lowest BCUT2D eigenvalue weighted by Crippen LogP contribution is -2.46. The Kier molecular flexibility index (Phi) is 8.85. The molecule has 26 heavy (non-hydrogen) atoms. The van der Waals surface area contributed by atoms with Crippen molar-refractivity contribution in [3.05, 3.63) is 29.8 Å². The van der Waals surface area contributed by atoms with Crippen LogP contribution >= 0.6 is 24.0 Å². The number of hydrogen-bond acceptors (Lipinski definition) is 3. The molecule has 1 aliphatic rings. The van der Waals surface area contributed by atoms with Crippen molar-refractivity contribution in [1.82, 2.24) is 10.6 Å². The Bertz CT molecular complexity index is 696. The van der Waals surface area contributed by atoms with Gasteiger partial charge >= 0.3 is 0 Å². The van der Waals surface area contributed by atoms with Gasteiger partial charge in [0.15, 0.2) is 15.8 Å². The minimum atomic E-state index is -3.14. The summed E-state index contributed by atoms with van der Waals surface area (Å²) in [5.74, 6) is 1.51. The molecule has 1 aromatic carbocycles. The van der Waals surface area contributed by atoms with Crippen LogP contribution in [0, 0.1) is 11.3 Å². The molecule has 1 aromatic rings. The summed E-state index contributed by atoms with van der Waals surface area (Å²) >= 11 is 0. The molecule has 1 aliphatic carbocycles. The van der Waals surface area contributed by atoms with Crippen molar-refractivity contribution in [2.24, 2.45) is 16.3 Å². The zero-order valence-corrected chi connectivity index (χ0v) is 19.4. The van der Waals surface area contributed by atoms with Gasteiger partial charge in [-0.2, -0.15) is 0 Å². The van der Waals surface area contributed by atoms with Crippen LogP contribution in [0.2, 0.25) is 0 Å². The second-order valence-corrected chi connectivity index (χ2v) is 9.66. The minimum absolute atomic E-state index is 0. The molecular weight excluding hydrogens is 461 g/mol. The molecule has 1 saturated carbocycles. The van der Waals surface area contributed by atoms with Crippen molar-refractivity contribution in [1.29, 1.82) is 0 Å². The summed E-state index contributed by atoms with van der Waals surface area (Å²) in [6.07, 6.45) is 6.39. The topological polar surface area (TPSA) is 70.6 Å². The molecule has 0 aliphatic heterocycles. The molecule has 0 heterocycles. The summed E-state index contributed by atoms with van der Waals surface area (Å²) in [7, 11) is -1.37. The van der Waals surface area contributed by atoms with Crippen molar-refractivity contribution in [3.8, 4) is 0 Å². The van der Waals surface area contributed by atoms with E-state index in [0.29, 0.717) is 22.8 Å². The highest BCUT2D eigenvalue weighted by molar-refractivity contribution is 14.0. The predicted molar refractivity (Wildman–Crippen MR) is 119 cm³/mol. The van der Waals surface area contributed by atoms with Crippen LogP contribution in [0.15, 0.2) is 34.2 Å². The van der Waals surface area contributed by atoms with E-state index in [1.807, 2.05) is 12.1 Å². The summed E-state index contributed by atoms with van der Waals surface area (Å²) < 4.78 is 23.0. The molecule has 0 bridgehead atoms. The SMILES string of the molecule is CN=C(NCc1ccc(S(C)(=O)=O)cc1)NCC1(CC(C)C)CCC1.I. The van der Waals surface area contributed by atoms with Crippen LogP contribution in [0.3, 0.4) is 0 Å². The van der Waals surface area contributed by atoms with Gasteiger partial charge in [0.25, 0.3) is 0 Å².